The second-order valence-corrected chi connectivity index (χ2v) is 24.2. The molecule has 78 heavy (non-hydrogen) atoms. The van der Waals surface area contributed by atoms with Gasteiger partial charge >= 0.3 is 0 Å². The number of aromatic nitrogens is 3. The molecule has 9 aromatic carbocycles. The number of hydrogen-bond donors (Lipinski definition) is 0. The zero-order chi connectivity index (χ0) is 53.7. The van der Waals surface area contributed by atoms with Gasteiger partial charge in [-0.1, -0.05) is 172 Å². The van der Waals surface area contributed by atoms with E-state index < -0.39 is 0 Å². The first-order valence-electron chi connectivity index (χ1n) is 27.4. The molecule has 12 aromatic rings. The fourth-order valence-electron chi connectivity index (χ4n) is 11.6. The molecule has 0 unspecified atom stereocenters. The van der Waals surface area contributed by atoms with Crippen LogP contribution in [0.4, 0.5) is 22.7 Å². The summed E-state index contributed by atoms with van der Waals surface area (Å²) in [6, 6.07) is 77.4. The topological polar surface area (TPSA) is 38.5 Å². The summed E-state index contributed by atoms with van der Waals surface area (Å²) in [6.45, 7) is 21.3. The van der Waals surface area contributed by atoms with Gasteiger partial charge in [-0.15, -0.1) is 0 Å². The molecular weight excluding hydrogens is 951 g/mol. The van der Waals surface area contributed by atoms with E-state index in [0.29, 0.717) is 6.67 Å². The number of anilines is 4. The molecule has 6 heteroatoms. The van der Waals surface area contributed by atoms with Crippen LogP contribution < -0.4 is 14.5 Å². The fraction of sp³-hybridized carbons (Fsp3) is 0.181. The number of benzene rings is 9. The van der Waals surface area contributed by atoms with Crippen LogP contribution in [-0.2, 0) is 16.2 Å². The van der Waals surface area contributed by atoms with Gasteiger partial charge in [0.2, 0.25) is 0 Å². The Morgan fingerprint density at radius 1 is 0.372 bits per heavy atom. The lowest BCUT2D eigenvalue weighted by atomic mass is 9.80. The molecule has 13 rings (SSSR count). The summed E-state index contributed by atoms with van der Waals surface area (Å²) in [5, 5.41) is 4.75. The number of pyridine rings is 1. The van der Waals surface area contributed by atoms with Crippen LogP contribution in [0.25, 0.3) is 77.4 Å². The van der Waals surface area contributed by atoms with Crippen molar-refractivity contribution in [3.05, 3.63) is 235 Å². The molecule has 0 atom stereocenters. The minimum atomic E-state index is -0.0623. The molecule has 0 amide bonds. The van der Waals surface area contributed by atoms with E-state index in [1.165, 1.54) is 72.1 Å². The van der Waals surface area contributed by atoms with Gasteiger partial charge in [0.25, 0.3) is 0 Å². The van der Waals surface area contributed by atoms with Crippen molar-refractivity contribution in [1.82, 2.24) is 14.1 Å². The highest BCUT2D eigenvalue weighted by Gasteiger charge is 2.33. The smallest absolute Gasteiger partial charge is 0.137 e. The van der Waals surface area contributed by atoms with Gasteiger partial charge in [0.05, 0.1) is 33.4 Å². The van der Waals surface area contributed by atoms with Crippen molar-refractivity contribution in [2.75, 3.05) is 16.5 Å². The number of fused-ring (bicyclic) bond motifs is 7. The van der Waals surface area contributed by atoms with Crippen molar-refractivity contribution < 1.29 is 4.74 Å². The van der Waals surface area contributed by atoms with Gasteiger partial charge in [0.1, 0.15) is 24.0 Å². The quantitative estimate of drug-likeness (QED) is 0.152. The molecule has 0 saturated heterocycles. The third kappa shape index (κ3) is 8.57. The Hall–Kier alpha value is -8.87. The van der Waals surface area contributed by atoms with Crippen LogP contribution >= 0.6 is 0 Å². The Labute approximate surface area is 458 Å². The molecule has 384 valence electrons. The Kier molecular flexibility index (Phi) is 11.5. The van der Waals surface area contributed by atoms with Crippen LogP contribution in [0.2, 0.25) is 0 Å². The van der Waals surface area contributed by atoms with Crippen LogP contribution in [0, 0.1) is 0 Å². The van der Waals surface area contributed by atoms with Crippen molar-refractivity contribution >= 4 is 66.4 Å². The molecule has 3 aromatic heterocycles. The zero-order valence-electron chi connectivity index (χ0n) is 46.1. The van der Waals surface area contributed by atoms with Crippen molar-refractivity contribution in [2.24, 2.45) is 0 Å². The molecular formula is C72H65N5O. The molecule has 0 fully saturated rings. The predicted octanol–water partition coefficient (Wildman–Crippen LogP) is 19.5. The lowest BCUT2D eigenvalue weighted by Crippen LogP contribution is -2.25. The Balaban J connectivity index is 0.925. The van der Waals surface area contributed by atoms with E-state index in [-0.39, 0.29) is 16.2 Å². The molecule has 0 radical (unpaired) electrons. The molecule has 4 heterocycles. The highest BCUT2D eigenvalue weighted by atomic mass is 16.5. The van der Waals surface area contributed by atoms with E-state index in [4.69, 9.17) is 9.72 Å². The van der Waals surface area contributed by atoms with Gasteiger partial charge in [-0.2, -0.15) is 0 Å². The maximum atomic E-state index is 7.01. The standard InChI is InChI=1S/C72H65N5O/c1-70(2,3)50-36-37-73-68(42-50)77-65-35-32-54(76-63-29-15-13-26-59(63)60-27-14-16-30-64(60)76)44-62(65)61-34-33-57(45-67(61)77)78-56-25-18-24-53(43-56)74-46-75(55-40-51(71(4,5)6)39-52(41-55)72(7,8)9)69-58(28-19-31-66(69)74)49-23-17-22-48(38-49)47-20-11-10-12-21-47/h10-45H,46H2,1-9H3. The molecule has 1 aliphatic rings. The molecule has 0 aliphatic carbocycles. The van der Waals surface area contributed by atoms with Crippen LogP contribution in [0.1, 0.15) is 79.0 Å². The molecule has 0 saturated carbocycles. The van der Waals surface area contributed by atoms with Gasteiger partial charge in [-0.05, 0) is 141 Å². The third-order valence-electron chi connectivity index (χ3n) is 15.9. The minimum absolute atomic E-state index is 0.0474. The van der Waals surface area contributed by atoms with Crippen LogP contribution in [0.5, 0.6) is 11.5 Å². The van der Waals surface area contributed by atoms with Gasteiger partial charge in [-0.25, -0.2) is 4.98 Å². The number of para-hydroxylation sites is 3. The van der Waals surface area contributed by atoms with Crippen molar-refractivity contribution in [1.29, 1.82) is 0 Å². The van der Waals surface area contributed by atoms with Gasteiger partial charge in [0, 0.05) is 62.5 Å². The lowest BCUT2D eigenvalue weighted by Gasteiger charge is -2.30. The Bertz CT molecular complexity index is 4210. The summed E-state index contributed by atoms with van der Waals surface area (Å²) in [5.74, 6) is 2.38. The first-order valence-corrected chi connectivity index (χ1v) is 27.4. The predicted molar refractivity (Wildman–Crippen MR) is 328 cm³/mol. The average Bonchev–Trinajstić information content (AvgIpc) is 4.33. The maximum Gasteiger partial charge on any atom is 0.137 e. The first-order chi connectivity index (χ1) is 37.5. The molecule has 1 aliphatic heterocycles. The summed E-state index contributed by atoms with van der Waals surface area (Å²) in [5.41, 5.74) is 18.6. The monoisotopic (exact) mass is 1020 g/mol. The number of nitrogens with zero attached hydrogens (tertiary/aromatic N) is 5. The SMILES string of the molecule is CC(C)(C)c1cc(N2CN(c3cccc(Oc4ccc5c6cc(-n7c8ccccc8c8ccccc87)ccc6n(-c6cc(C(C)(C)C)ccn6)c5c4)c3)c3cccc(-c4cccc(-c5ccccc5)c4)c32)cc(C(C)(C)C)c1. The van der Waals surface area contributed by atoms with Crippen LogP contribution in [0.15, 0.2) is 219 Å². The van der Waals surface area contributed by atoms with Crippen LogP contribution in [0.3, 0.4) is 0 Å². The number of hydrogen-bond acceptors (Lipinski definition) is 4. The summed E-state index contributed by atoms with van der Waals surface area (Å²) in [4.78, 5) is 10.0. The highest BCUT2D eigenvalue weighted by molar-refractivity contribution is 6.12. The van der Waals surface area contributed by atoms with E-state index in [0.717, 1.165) is 56.2 Å². The van der Waals surface area contributed by atoms with E-state index in [1.807, 2.05) is 6.20 Å². The molecule has 0 N–H and O–H groups in total. The average molecular weight is 1020 g/mol. The second kappa shape index (κ2) is 18.4. The van der Waals surface area contributed by atoms with E-state index in [1.54, 1.807) is 0 Å². The maximum absolute atomic E-state index is 7.01. The molecule has 6 nitrogen and oxygen atoms in total. The normalized spacial score (nSPS) is 13.1. The zero-order valence-corrected chi connectivity index (χ0v) is 46.1. The van der Waals surface area contributed by atoms with Gasteiger partial charge < -0.3 is 19.1 Å². The minimum Gasteiger partial charge on any atom is -0.457 e. The van der Waals surface area contributed by atoms with E-state index in [9.17, 15) is 0 Å². The number of ether oxygens (including phenoxy) is 1. The van der Waals surface area contributed by atoms with Crippen molar-refractivity contribution in [2.45, 2.75) is 78.6 Å². The summed E-state index contributed by atoms with van der Waals surface area (Å²) < 4.78 is 11.7. The van der Waals surface area contributed by atoms with Crippen LogP contribution in [-0.4, -0.2) is 20.8 Å². The highest BCUT2D eigenvalue weighted by Crippen LogP contribution is 2.51. The Morgan fingerprint density at radius 3 is 1.71 bits per heavy atom. The Morgan fingerprint density at radius 2 is 0.987 bits per heavy atom. The third-order valence-corrected chi connectivity index (χ3v) is 15.9. The second-order valence-electron chi connectivity index (χ2n) is 24.2. The van der Waals surface area contributed by atoms with E-state index in [2.05, 4.69) is 294 Å². The largest absolute Gasteiger partial charge is 0.457 e. The van der Waals surface area contributed by atoms with Gasteiger partial charge in [-0.3, -0.25) is 4.57 Å². The summed E-state index contributed by atoms with van der Waals surface area (Å²) in [6.07, 6.45) is 1.94. The number of rotatable bonds is 8. The lowest BCUT2D eigenvalue weighted by molar-refractivity contribution is 0.483. The van der Waals surface area contributed by atoms with E-state index >= 15 is 0 Å². The summed E-state index contributed by atoms with van der Waals surface area (Å²) in [7, 11) is 0. The van der Waals surface area contributed by atoms with Crippen molar-refractivity contribution in [3.8, 4) is 45.3 Å². The van der Waals surface area contributed by atoms with Gasteiger partial charge in [0.15, 0.2) is 0 Å². The molecule has 0 bridgehead atoms. The first kappa shape index (κ1) is 48.8. The fourth-order valence-corrected chi connectivity index (χ4v) is 11.6. The summed E-state index contributed by atoms with van der Waals surface area (Å²) >= 11 is 0. The molecule has 0 spiro atoms. The van der Waals surface area contributed by atoms with Crippen molar-refractivity contribution in [3.63, 3.8) is 0 Å².